The molecule has 2 aromatic heterocycles. The minimum absolute atomic E-state index is 0.601. The quantitative estimate of drug-likeness (QED) is 0.189. The third kappa shape index (κ3) is 4.84. The monoisotopic (exact) mass is 604 g/mol. The van der Waals surface area contributed by atoms with Crippen LogP contribution >= 0.6 is 0 Å². The van der Waals surface area contributed by atoms with Gasteiger partial charge in [-0.2, -0.15) is 0 Å². The van der Waals surface area contributed by atoms with Crippen LogP contribution in [0.2, 0.25) is 0 Å². The zero-order valence-electron chi connectivity index (χ0n) is 25.4. The lowest BCUT2D eigenvalue weighted by Crippen LogP contribution is -2.09. The molecule has 0 N–H and O–H groups in total. The standard InChI is InChI=1S/C43H28N2O2/c1-4-11-29(12-5-1)32-15-10-16-33(27-32)30-19-21-35(22-20-30)45(34-17-8-3-9-18-34)36-23-24-37-40(28-36)46-39-26-25-38-42(41(37)39)47-43(44-38)31-13-6-2-7-14-31/h1-28H. The average molecular weight is 605 g/mol. The number of oxazole rings is 1. The molecule has 222 valence electrons. The van der Waals surface area contributed by atoms with Crippen molar-refractivity contribution < 1.29 is 8.83 Å². The van der Waals surface area contributed by atoms with Gasteiger partial charge < -0.3 is 13.7 Å². The van der Waals surface area contributed by atoms with Crippen molar-refractivity contribution in [1.29, 1.82) is 0 Å². The molecule has 0 atom stereocenters. The van der Waals surface area contributed by atoms with Crippen LogP contribution in [-0.4, -0.2) is 4.98 Å². The van der Waals surface area contributed by atoms with E-state index < -0.39 is 0 Å². The molecule has 0 aliphatic rings. The first-order valence-corrected chi connectivity index (χ1v) is 15.7. The normalized spacial score (nSPS) is 11.4. The number of anilines is 3. The molecule has 0 bridgehead atoms. The molecule has 4 nitrogen and oxygen atoms in total. The predicted molar refractivity (Wildman–Crippen MR) is 192 cm³/mol. The van der Waals surface area contributed by atoms with Gasteiger partial charge in [-0.1, -0.05) is 97.1 Å². The number of rotatable bonds is 6. The fraction of sp³-hybridized carbons (Fsp3) is 0. The topological polar surface area (TPSA) is 42.4 Å². The summed E-state index contributed by atoms with van der Waals surface area (Å²) in [6.07, 6.45) is 0. The molecule has 0 aliphatic heterocycles. The SMILES string of the molecule is c1ccc(-c2cccc(-c3ccc(N(c4ccccc4)c4ccc5c(c4)oc4ccc6nc(-c7ccccc7)oc6c45)cc3)c2)cc1. The lowest BCUT2D eigenvalue weighted by Gasteiger charge is -2.25. The van der Waals surface area contributed by atoms with Gasteiger partial charge in [0.15, 0.2) is 5.58 Å². The summed E-state index contributed by atoms with van der Waals surface area (Å²) in [5.41, 5.74) is 11.9. The highest BCUT2D eigenvalue weighted by molar-refractivity contribution is 6.16. The Bertz CT molecular complexity index is 2500. The molecule has 9 aromatic rings. The second-order valence-electron chi connectivity index (χ2n) is 11.6. The minimum Gasteiger partial charge on any atom is -0.456 e. The Balaban J connectivity index is 1.12. The van der Waals surface area contributed by atoms with Crippen LogP contribution in [0.3, 0.4) is 0 Å². The second kappa shape index (κ2) is 11.2. The van der Waals surface area contributed by atoms with Crippen LogP contribution in [0.5, 0.6) is 0 Å². The molecule has 0 amide bonds. The maximum absolute atomic E-state index is 6.45. The van der Waals surface area contributed by atoms with Crippen LogP contribution in [0.25, 0.3) is 66.7 Å². The van der Waals surface area contributed by atoms with Gasteiger partial charge in [-0.25, -0.2) is 4.98 Å². The zero-order chi connectivity index (χ0) is 31.2. The van der Waals surface area contributed by atoms with Gasteiger partial charge in [-0.05, 0) is 89.0 Å². The number of hydrogen-bond acceptors (Lipinski definition) is 4. The number of hydrogen-bond donors (Lipinski definition) is 0. The summed E-state index contributed by atoms with van der Waals surface area (Å²) in [6, 6.07) is 58.7. The average Bonchev–Trinajstić information content (AvgIpc) is 3.75. The van der Waals surface area contributed by atoms with Crippen LogP contribution in [-0.2, 0) is 0 Å². The molecule has 0 saturated carbocycles. The Labute approximate surface area is 271 Å². The Morgan fingerprint density at radius 1 is 0.404 bits per heavy atom. The summed E-state index contributed by atoms with van der Waals surface area (Å²) in [5.74, 6) is 0.601. The first-order chi connectivity index (χ1) is 23.3. The van der Waals surface area contributed by atoms with E-state index in [4.69, 9.17) is 13.8 Å². The number of nitrogens with zero attached hydrogens (tertiary/aromatic N) is 2. The van der Waals surface area contributed by atoms with Gasteiger partial charge in [0.25, 0.3) is 0 Å². The first kappa shape index (κ1) is 27.0. The van der Waals surface area contributed by atoms with Crippen LogP contribution in [0.4, 0.5) is 17.1 Å². The Morgan fingerprint density at radius 3 is 1.72 bits per heavy atom. The van der Waals surface area contributed by atoms with Crippen molar-refractivity contribution in [3.63, 3.8) is 0 Å². The number of fused-ring (bicyclic) bond motifs is 5. The molecule has 2 heterocycles. The van der Waals surface area contributed by atoms with Crippen molar-refractivity contribution in [3.8, 4) is 33.7 Å². The van der Waals surface area contributed by atoms with Crippen LogP contribution in [0, 0.1) is 0 Å². The number of benzene rings is 7. The Morgan fingerprint density at radius 2 is 1.00 bits per heavy atom. The molecular weight excluding hydrogens is 576 g/mol. The molecule has 0 spiro atoms. The van der Waals surface area contributed by atoms with Crippen molar-refractivity contribution in [1.82, 2.24) is 4.98 Å². The summed E-state index contributed by atoms with van der Waals surface area (Å²) in [6.45, 7) is 0. The highest BCUT2D eigenvalue weighted by atomic mass is 16.4. The molecule has 0 radical (unpaired) electrons. The van der Waals surface area contributed by atoms with Crippen LogP contribution in [0.1, 0.15) is 0 Å². The molecule has 7 aromatic carbocycles. The second-order valence-corrected chi connectivity index (χ2v) is 11.6. The fourth-order valence-corrected chi connectivity index (χ4v) is 6.41. The molecule has 0 aliphatic carbocycles. The van der Waals surface area contributed by atoms with Crippen molar-refractivity contribution in [2.24, 2.45) is 0 Å². The van der Waals surface area contributed by atoms with Gasteiger partial charge in [0.05, 0.1) is 5.39 Å². The van der Waals surface area contributed by atoms with Crippen molar-refractivity contribution in [3.05, 3.63) is 170 Å². The minimum atomic E-state index is 0.601. The van der Waals surface area contributed by atoms with Crippen molar-refractivity contribution >= 4 is 50.1 Å². The zero-order valence-corrected chi connectivity index (χ0v) is 25.4. The Hall–Kier alpha value is -6.39. The highest BCUT2D eigenvalue weighted by Crippen LogP contribution is 2.41. The molecule has 47 heavy (non-hydrogen) atoms. The van der Waals surface area contributed by atoms with E-state index in [9.17, 15) is 0 Å². The number of furan rings is 1. The molecule has 0 unspecified atom stereocenters. The first-order valence-electron chi connectivity index (χ1n) is 15.7. The predicted octanol–water partition coefficient (Wildman–Crippen LogP) is 12.2. The van der Waals surface area contributed by atoms with E-state index in [1.54, 1.807) is 0 Å². The van der Waals surface area contributed by atoms with E-state index in [0.29, 0.717) is 5.89 Å². The smallest absolute Gasteiger partial charge is 0.227 e. The number of para-hydroxylation sites is 1. The van der Waals surface area contributed by atoms with Gasteiger partial charge in [0.2, 0.25) is 5.89 Å². The van der Waals surface area contributed by atoms with E-state index in [1.807, 2.05) is 54.6 Å². The van der Waals surface area contributed by atoms with Crippen molar-refractivity contribution in [2.45, 2.75) is 0 Å². The largest absolute Gasteiger partial charge is 0.456 e. The maximum Gasteiger partial charge on any atom is 0.227 e. The van der Waals surface area contributed by atoms with Crippen LogP contribution in [0.15, 0.2) is 179 Å². The van der Waals surface area contributed by atoms with Gasteiger partial charge in [0.1, 0.15) is 16.7 Å². The summed E-state index contributed by atoms with van der Waals surface area (Å²) >= 11 is 0. The summed E-state index contributed by atoms with van der Waals surface area (Å²) < 4.78 is 12.8. The highest BCUT2D eigenvalue weighted by Gasteiger charge is 2.19. The van der Waals surface area contributed by atoms with E-state index in [2.05, 4.69) is 120 Å². The fourth-order valence-electron chi connectivity index (χ4n) is 6.41. The third-order valence-electron chi connectivity index (χ3n) is 8.70. The Kier molecular flexibility index (Phi) is 6.43. The van der Waals surface area contributed by atoms with E-state index in [1.165, 1.54) is 22.3 Å². The summed E-state index contributed by atoms with van der Waals surface area (Å²) in [4.78, 5) is 7.04. The lowest BCUT2D eigenvalue weighted by molar-refractivity contribution is 0.622. The maximum atomic E-state index is 6.45. The van der Waals surface area contributed by atoms with Gasteiger partial charge in [0, 0.05) is 34.1 Å². The van der Waals surface area contributed by atoms with E-state index >= 15 is 0 Å². The van der Waals surface area contributed by atoms with Gasteiger partial charge in [-0.3, -0.25) is 0 Å². The lowest BCUT2D eigenvalue weighted by atomic mass is 9.99. The summed E-state index contributed by atoms with van der Waals surface area (Å²) in [7, 11) is 0. The van der Waals surface area contributed by atoms with Crippen LogP contribution < -0.4 is 4.90 Å². The van der Waals surface area contributed by atoms with E-state index in [-0.39, 0.29) is 0 Å². The molecule has 0 fully saturated rings. The van der Waals surface area contributed by atoms with Gasteiger partial charge >= 0.3 is 0 Å². The molecule has 4 heteroatoms. The molecule has 9 rings (SSSR count). The molecule has 0 saturated heterocycles. The third-order valence-corrected chi connectivity index (χ3v) is 8.70. The van der Waals surface area contributed by atoms with Gasteiger partial charge in [-0.15, -0.1) is 0 Å². The summed E-state index contributed by atoms with van der Waals surface area (Å²) in [5, 5.41) is 1.93. The number of aromatic nitrogens is 1. The van der Waals surface area contributed by atoms with Crippen molar-refractivity contribution in [2.75, 3.05) is 4.90 Å². The van der Waals surface area contributed by atoms with E-state index in [0.717, 1.165) is 55.7 Å². The molecular formula is C43H28N2O2.